The van der Waals surface area contributed by atoms with Crippen LogP contribution in [0.5, 0.6) is 0 Å². The molecule has 3 fully saturated rings. The average Bonchev–Trinajstić information content (AvgIpc) is 3.08. The minimum atomic E-state index is 0.935. The highest BCUT2D eigenvalue weighted by molar-refractivity contribution is 4.82. The highest BCUT2D eigenvalue weighted by Crippen LogP contribution is 2.43. The average molecular weight is 252 g/mol. The minimum absolute atomic E-state index is 0.935. The Morgan fingerprint density at radius 3 is 1.33 bits per heavy atom. The van der Waals surface area contributed by atoms with Gasteiger partial charge in [0.1, 0.15) is 0 Å². The van der Waals surface area contributed by atoms with Gasteiger partial charge >= 0.3 is 0 Å². The summed E-state index contributed by atoms with van der Waals surface area (Å²) in [6.45, 7) is 8.71. The van der Waals surface area contributed by atoms with E-state index >= 15 is 0 Å². The lowest BCUT2D eigenvalue weighted by atomic mass is 9.82. The van der Waals surface area contributed by atoms with Crippen LogP contribution in [-0.2, 0) is 0 Å². The first-order valence-corrected chi connectivity index (χ1v) is 8.75. The molecule has 0 N–H and O–H groups in total. The molecule has 0 heteroatoms. The first kappa shape index (κ1) is 16.1. The molecule has 3 rings (SSSR count). The standard InChI is InChI=1S/C9H18.C7H12.C2H6/c1-8(2)9-6-4-3-5-7-9;1-2-7-4-3-6(1)5-7;1-2/h8-9H,3-7H2,1-2H3;6-7H,1-5H2;1-2H3. The van der Waals surface area contributed by atoms with E-state index in [4.69, 9.17) is 0 Å². The molecule has 0 aromatic heterocycles. The predicted octanol–water partition coefficient (Wildman–Crippen LogP) is 6.45. The molecule has 0 amide bonds. The normalized spacial score (nSPS) is 30.5. The molecule has 0 aliphatic heterocycles. The van der Waals surface area contributed by atoms with Crippen molar-refractivity contribution in [1.29, 1.82) is 0 Å². The molecular formula is C18H36. The molecule has 0 spiro atoms. The molecule has 2 bridgehead atoms. The SMILES string of the molecule is C1CC2CCC1C2.CC.CC(C)C1CCCCC1. The lowest BCUT2D eigenvalue weighted by molar-refractivity contribution is 0.279. The third kappa shape index (κ3) is 5.33. The van der Waals surface area contributed by atoms with Gasteiger partial charge in [-0.1, -0.05) is 85.5 Å². The summed E-state index contributed by atoms with van der Waals surface area (Å²) < 4.78 is 0. The summed E-state index contributed by atoms with van der Waals surface area (Å²) in [4.78, 5) is 0. The largest absolute Gasteiger partial charge is 0.0683 e. The molecule has 0 unspecified atom stereocenters. The maximum atomic E-state index is 2.36. The Kier molecular flexibility index (Phi) is 8.02. The first-order valence-electron chi connectivity index (χ1n) is 8.75. The van der Waals surface area contributed by atoms with Gasteiger partial charge in [-0.05, 0) is 30.1 Å². The molecule has 0 aromatic carbocycles. The van der Waals surface area contributed by atoms with Gasteiger partial charge in [0, 0.05) is 0 Å². The second-order valence-electron chi connectivity index (χ2n) is 6.76. The van der Waals surface area contributed by atoms with Gasteiger partial charge in [0.15, 0.2) is 0 Å². The van der Waals surface area contributed by atoms with Gasteiger partial charge in [0.05, 0.1) is 0 Å². The van der Waals surface area contributed by atoms with Crippen molar-refractivity contribution in [2.75, 3.05) is 0 Å². The van der Waals surface area contributed by atoms with Gasteiger partial charge < -0.3 is 0 Å². The van der Waals surface area contributed by atoms with Gasteiger partial charge in [-0.25, -0.2) is 0 Å². The van der Waals surface area contributed by atoms with Crippen molar-refractivity contribution in [3.63, 3.8) is 0 Å². The van der Waals surface area contributed by atoms with Crippen molar-refractivity contribution in [2.24, 2.45) is 23.7 Å². The van der Waals surface area contributed by atoms with Crippen LogP contribution >= 0.6 is 0 Å². The molecular weight excluding hydrogens is 216 g/mol. The topological polar surface area (TPSA) is 0 Å². The zero-order chi connectivity index (χ0) is 13.4. The highest BCUT2D eigenvalue weighted by Gasteiger charge is 2.30. The maximum absolute atomic E-state index is 2.36. The summed E-state index contributed by atoms with van der Waals surface area (Å²) in [5, 5.41) is 0. The third-order valence-electron chi connectivity index (χ3n) is 5.23. The van der Waals surface area contributed by atoms with Crippen molar-refractivity contribution >= 4 is 0 Å². The Balaban J connectivity index is 0.000000161. The number of hydrogen-bond acceptors (Lipinski definition) is 0. The molecule has 3 aliphatic carbocycles. The Labute approximate surface area is 116 Å². The molecule has 108 valence electrons. The number of fused-ring (bicyclic) bond motifs is 2. The fraction of sp³-hybridized carbons (Fsp3) is 1.00. The fourth-order valence-electron chi connectivity index (χ4n) is 3.98. The van der Waals surface area contributed by atoms with E-state index in [0.717, 1.165) is 11.8 Å². The predicted molar refractivity (Wildman–Crippen MR) is 82.8 cm³/mol. The smallest absolute Gasteiger partial charge is 0.0391 e. The minimum Gasteiger partial charge on any atom is -0.0683 e. The second kappa shape index (κ2) is 8.99. The summed E-state index contributed by atoms with van der Waals surface area (Å²) in [6.07, 6.45) is 15.3. The lowest BCUT2D eigenvalue weighted by Gasteiger charge is -2.24. The zero-order valence-corrected chi connectivity index (χ0v) is 13.4. The van der Waals surface area contributed by atoms with Crippen LogP contribution < -0.4 is 0 Å². The van der Waals surface area contributed by atoms with E-state index in [0.29, 0.717) is 0 Å². The van der Waals surface area contributed by atoms with E-state index in [-0.39, 0.29) is 0 Å². The second-order valence-corrected chi connectivity index (χ2v) is 6.76. The molecule has 0 radical (unpaired) electrons. The van der Waals surface area contributed by atoms with Crippen LogP contribution in [0.25, 0.3) is 0 Å². The Bertz CT molecular complexity index is 170. The fourth-order valence-corrected chi connectivity index (χ4v) is 3.98. The van der Waals surface area contributed by atoms with Crippen LogP contribution in [0.4, 0.5) is 0 Å². The quantitative estimate of drug-likeness (QED) is 0.503. The molecule has 3 saturated carbocycles. The molecule has 0 aromatic rings. The van der Waals surface area contributed by atoms with E-state index in [9.17, 15) is 0 Å². The summed E-state index contributed by atoms with van der Waals surface area (Å²) in [7, 11) is 0. The molecule has 18 heavy (non-hydrogen) atoms. The molecule has 0 nitrogen and oxygen atoms in total. The van der Waals surface area contributed by atoms with Crippen molar-refractivity contribution in [2.45, 2.75) is 91.9 Å². The van der Waals surface area contributed by atoms with Gasteiger partial charge in [-0.15, -0.1) is 0 Å². The number of rotatable bonds is 1. The zero-order valence-electron chi connectivity index (χ0n) is 13.4. The van der Waals surface area contributed by atoms with E-state index < -0.39 is 0 Å². The Hall–Kier alpha value is 0. The van der Waals surface area contributed by atoms with Crippen LogP contribution in [0, 0.1) is 23.7 Å². The van der Waals surface area contributed by atoms with E-state index in [2.05, 4.69) is 13.8 Å². The van der Waals surface area contributed by atoms with Gasteiger partial charge in [0.25, 0.3) is 0 Å². The van der Waals surface area contributed by atoms with Crippen molar-refractivity contribution in [1.82, 2.24) is 0 Å². The van der Waals surface area contributed by atoms with Gasteiger partial charge in [0.2, 0.25) is 0 Å². The van der Waals surface area contributed by atoms with E-state index in [1.165, 1.54) is 43.9 Å². The first-order chi connectivity index (χ1) is 8.75. The molecule has 0 saturated heterocycles. The van der Waals surface area contributed by atoms with Crippen molar-refractivity contribution in [3.8, 4) is 0 Å². The molecule has 0 heterocycles. The summed E-state index contributed by atoms with van der Waals surface area (Å²) in [5.41, 5.74) is 0. The maximum Gasteiger partial charge on any atom is -0.0391 e. The van der Waals surface area contributed by atoms with Crippen LogP contribution in [0.15, 0.2) is 0 Å². The van der Waals surface area contributed by atoms with E-state index in [1.54, 1.807) is 32.1 Å². The highest BCUT2D eigenvalue weighted by atomic mass is 14.4. The summed E-state index contributed by atoms with van der Waals surface area (Å²) in [6, 6.07) is 0. The van der Waals surface area contributed by atoms with Crippen molar-refractivity contribution < 1.29 is 0 Å². The van der Waals surface area contributed by atoms with Crippen LogP contribution in [0.2, 0.25) is 0 Å². The van der Waals surface area contributed by atoms with Gasteiger partial charge in [-0.3, -0.25) is 0 Å². The molecule has 3 aliphatic rings. The summed E-state index contributed by atoms with van der Waals surface area (Å²) in [5.74, 6) is 4.33. The monoisotopic (exact) mass is 252 g/mol. The third-order valence-corrected chi connectivity index (χ3v) is 5.23. The van der Waals surface area contributed by atoms with Gasteiger partial charge in [-0.2, -0.15) is 0 Å². The molecule has 0 atom stereocenters. The van der Waals surface area contributed by atoms with Crippen LogP contribution in [-0.4, -0.2) is 0 Å². The van der Waals surface area contributed by atoms with E-state index in [1.807, 2.05) is 13.8 Å². The summed E-state index contributed by atoms with van der Waals surface area (Å²) >= 11 is 0. The number of hydrogen-bond donors (Lipinski definition) is 0. The van der Waals surface area contributed by atoms with Crippen LogP contribution in [0.3, 0.4) is 0 Å². The Morgan fingerprint density at radius 1 is 0.667 bits per heavy atom. The van der Waals surface area contributed by atoms with Crippen LogP contribution in [0.1, 0.15) is 91.9 Å². The van der Waals surface area contributed by atoms with Crippen molar-refractivity contribution in [3.05, 3.63) is 0 Å². The lowest BCUT2D eigenvalue weighted by Crippen LogP contribution is -2.12. The Morgan fingerprint density at radius 2 is 1.11 bits per heavy atom.